The lowest BCUT2D eigenvalue weighted by atomic mass is 10.1. The summed E-state index contributed by atoms with van der Waals surface area (Å²) in [6.45, 7) is 0.0709. The fraction of sp³-hybridized carbons (Fsp3) is 0.440. The first-order chi connectivity index (χ1) is 18.9. The predicted molar refractivity (Wildman–Crippen MR) is 138 cm³/mol. The number of urea groups is 1. The molecule has 1 fully saturated rings. The van der Waals surface area contributed by atoms with Crippen LogP contribution in [0.3, 0.4) is 0 Å². The molecule has 0 radical (unpaired) electrons. The van der Waals surface area contributed by atoms with E-state index < -0.39 is 61.0 Å². The number of carbonyl (C=O) groups is 2. The van der Waals surface area contributed by atoms with Crippen molar-refractivity contribution in [3.05, 3.63) is 58.1 Å². The van der Waals surface area contributed by atoms with Gasteiger partial charge in [0.25, 0.3) is 5.91 Å². The van der Waals surface area contributed by atoms with Crippen molar-refractivity contribution in [2.45, 2.75) is 25.2 Å². The molecule has 1 aliphatic heterocycles. The van der Waals surface area contributed by atoms with Gasteiger partial charge in [0.1, 0.15) is 0 Å². The van der Waals surface area contributed by atoms with Gasteiger partial charge in [-0.15, -0.1) is 0 Å². The van der Waals surface area contributed by atoms with E-state index in [1.807, 2.05) is 4.90 Å². The molecule has 0 bridgehead atoms. The molecule has 40 heavy (non-hydrogen) atoms. The van der Waals surface area contributed by atoms with Crippen LogP contribution in [0.5, 0.6) is 0 Å². The van der Waals surface area contributed by atoms with Gasteiger partial charge in [0.05, 0.1) is 36.1 Å². The lowest BCUT2D eigenvalue weighted by Crippen LogP contribution is -2.47. The largest absolute Gasteiger partial charge is 0.394 e. The highest BCUT2D eigenvalue weighted by Crippen LogP contribution is 2.31. The minimum Gasteiger partial charge on any atom is -0.394 e. The van der Waals surface area contributed by atoms with Crippen molar-refractivity contribution in [3.8, 4) is 0 Å². The standard InChI is InChI=1S/C25H29ClF5N5O4/c26-16-2-4-19(20(11-16)36-9-7-35(8-10-36)6-5-25(29,30)31)34-23(39)18-3-1-15(21(27)22(18)28)12-32-24(40)33-13-17(38)14-37/h1-4,11,17,37-38H,5-10,12-14H2,(H,34,39)(H2,32,33,40). The Balaban J connectivity index is 1.65. The van der Waals surface area contributed by atoms with E-state index in [0.717, 1.165) is 12.1 Å². The molecule has 3 amide bonds. The van der Waals surface area contributed by atoms with Crippen LogP contribution in [-0.2, 0) is 6.54 Å². The molecule has 220 valence electrons. The van der Waals surface area contributed by atoms with Crippen LogP contribution >= 0.6 is 11.6 Å². The molecule has 2 aromatic rings. The zero-order chi connectivity index (χ0) is 29.4. The van der Waals surface area contributed by atoms with Crippen molar-refractivity contribution in [3.63, 3.8) is 0 Å². The molecule has 5 N–H and O–H groups in total. The Morgan fingerprint density at radius 1 is 1.02 bits per heavy atom. The second kappa shape index (κ2) is 13.9. The Kier molecular flexibility index (Phi) is 10.9. The molecule has 0 aromatic heterocycles. The quantitative estimate of drug-likeness (QED) is 0.270. The van der Waals surface area contributed by atoms with Gasteiger partial charge in [-0.05, 0) is 24.3 Å². The number of piperazine rings is 1. The second-order valence-electron chi connectivity index (χ2n) is 9.11. The molecule has 1 heterocycles. The summed E-state index contributed by atoms with van der Waals surface area (Å²) >= 11 is 6.13. The van der Waals surface area contributed by atoms with Crippen LogP contribution in [0, 0.1) is 11.6 Å². The molecule has 0 saturated carbocycles. The predicted octanol–water partition coefficient (Wildman–Crippen LogP) is 3.10. The van der Waals surface area contributed by atoms with Crippen LogP contribution in [0.15, 0.2) is 30.3 Å². The first-order valence-corrected chi connectivity index (χ1v) is 12.7. The van der Waals surface area contributed by atoms with Gasteiger partial charge in [-0.25, -0.2) is 13.6 Å². The molecule has 0 aliphatic carbocycles. The monoisotopic (exact) mass is 593 g/mol. The van der Waals surface area contributed by atoms with Crippen LogP contribution in [0.4, 0.5) is 38.1 Å². The minimum absolute atomic E-state index is 0.121. The van der Waals surface area contributed by atoms with E-state index in [1.54, 1.807) is 11.0 Å². The summed E-state index contributed by atoms with van der Waals surface area (Å²) in [5.74, 6) is -3.71. The number of benzene rings is 2. The van der Waals surface area contributed by atoms with E-state index in [0.29, 0.717) is 36.9 Å². The summed E-state index contributed by atoms with van der Waals surface area (Å²) in [5, 5.41) is 25.4. The van der Waals surface area contributed by atoms with E-state index in [-0.39, 0.29) is 24.3 Å². The normalized spacial score (nSPS) is 15.1. The van der Waals surface area contributed by atoms with E-state index in [9.17, 15) is 36.6 Å². The van der Waals surface area contributed by atoms with Crippen molar-refractivity contribution in [1.82, 2.24) is 15.5 Å². The lowest BCUT2D eigenvalue weighted by molar-refractivity contribution is -0.138. The van der Waals surface area contributed by atoms with Gasteiger partial charge in [0.2, 0.25) is 0 Å². The SMILES string of the molecule is O=C(NCc1ccc(C(=O)Nc2ccc(Cl)cc2N2CCN(CCC(F)(F)F)CC2)c(F)c1F)NCC(O)CO. The number of halogens is 6. The number of rotatable bonds is 10. The van der Waals surface area contributed by atoms with Gasteiger partial charge in [-0.1, -0.05) is 17.7 Å². The summed E-state index contributed by atoms with van der Waals surface area (Å²) in [7, 11) is 0. The van der Waals surface area contributed by atoms with Gasteiger partial charge in [-0.2, -0.15) is 13.2 Å². The van der Waals surface area contributed by atoms with E-state index in [1.165, 1.54) is 12.1 Å². The Hall–Kier alpha value is -3.20. The van der Waals surface area contributed by atoms with Gasteiger partial charge < -0.3 is 31.1 Å². The van der Waals surface area contributed by atoms with Crippen LogP contribution in [0.1, 0.15) is 22.3 Å². The first kappa shape index (κ1) is 31.3. The molecule has 2 aromatic carbocycles. The molecule has 15 heteroatoms. The van der Waals surface area contributed by atoms with Crippen molar-refractivity contribution in [2.75, 3.05) is 56.1 Å². The maximum Gasteiger partial charge on any atom is 0.390 e. The molecular formula is C25H29ClF5N5O4. The Bertz CT molecular complexity index is 1190. The number of nitrogens with zero attached hydrogens (tertiary/aromatic N) is 2. The maximum atomic E-state index is 14.8. The van der Waals surface area contributed by atoms with E-state index in [2.05, 4.69) is 16.0 Å². The topological polar surface area (TPSA) is 117 Å². The van der Waals surface area contributed by atoms with Crippen LogP contribution in [-0.4, -0.2) is 85.2 Å². The molecule has 9 nitrogen and oxygen atoms in total. The minimum atomic E-state index is -4.25. The summed E-state index contributed by atoms with van der Waals surface area (Å²) in [6, 6.07) is 5.97. The van der Waals surface area contributed by atoms with Gasteiger partial charge in [0, 0.05) is 56.4 Å². The zero-order valence-electron chi connectivity index (χ0n) is 21.2. The van der Waals surface area contributed by atoms with Crippen LogP contribution in [0.2, 0.25) is 5.02 Å². The smallest absolute Gasteiger partial charge is 0.390 e. The Morgan fingerprint density at radius 3 is 2.38 bits per heavy atom. The summed E-state index contributed by atoms with van der Waals surface area (Å²) in [4.78, 5) is 28.1. The number of anilines is 2. The number of aliphatic hydroxyl groups excluding tert-OH is 2. The number of nitrogens with one attached hydrogen (secondary N) is 3. The summed E-state index contributed by atoms with van der Waals surface area (Å²) in [6.07, 6.45) is -6.33. The van der Waals surface area contributed by atoms with Crippen LogP contribution in [0.25, 0.3) is 0 Å². The molecule has 1 unspecified atom stereocenters. The van der Waals surface area contributed by atoms with Gasteiger partial charge in [0.15, 0.2) is 11.6 Å². The van der Waals surface area contributed by atoms with E-state index in [4.69, 9.17) is 16.7 Å². The average Bonchev–Trinajstić information content (AvgIpc) is 2.92. The Labute approximate surface area is 231 Å². The maximum absolute atomic E-state index is 14.8. The third kappa shape index (κ3) is 8.91. The fourth-order valence-corrected chi connectivity index (χ4v) is 4.14. The highest BCUT2D eigenvalue weighted by Gasteiger charge is 2.29. The molecular weight excluding hydrogens is 565 g/mol. The second-order valence-corrected chi connectivity index (χ2v) is 9.55. The number of hydrogen-bond donors (Lipinski definition) is 5. The number of carbonyl (C=O) groups excluding carboxylic acids is 2. The fourth-order valence-electron chi connectivity index (χ4n) is 3.97. The number of alkyl halides is 3. The van der Waals surface area contributed by atoms with Gasteiger partial charge >= 0.3 is 12.2 Å². The van der Waals surface area contributed by atoms with Crippen molar-refractivity contribution >= 4 is 34.9 Å². The molecule has 1 aliphatic rings. The average molecular weight is 594 g/mol. The first-order valence-electron chi connectivity index (χ1n) is 12.3. The third-order valence-corrected chi connectivity index (χ3v) is 6.42. The Morgan fingerprint density at radius 2 is 1.73 bits per heavy atom. The molecule has 0 spiro atoms. The number of aliphatic hydroxyl groups is 2. The third-order valence-electron chi connectivity index (χ3n) is 6.19. The molecule has 1 saturated heterocycles. The summed E-state index contributed by atoms with van der Waals surface area (Å²) < 4.78 is 67.1. The molecule has 1 atom stereocenters. The number of hydrogen-bond acceptors (Lipinski definition) is 6. The zero-order valence-corrected chi connectivity index (χ0v) is 22.0. The number of amides is 3. The highest BCUT2D eigenvalue weighted by atomic mass is 35.5. The van der Waals surface area contributed by atoms with Crippen LogP contribution < -0.4 is 20.9 Å². The van der Waals surface area contributed by atoms with Crippen molar-refractivity contribution < 1.29 is 41.8 Å². The van der Waals surface area contributed by atoms with E-state index >= 15 is 0 Å². The van der Waals surface area contributed by atoms with Crippen molar-refractivity contribution in [2.24, 2.45) is 0 Å². The summed E-state index contributed by atoms with van der Waals surface area (Å²) in [5.41, 5.74) is -0.0853. The van der Waals surface area contributed by atoms with Crippen molar-refractivity contribution in [1.29, 1.82) is 0 Å². The lowest BCUT2D eigenvalue weighted by Gasteiger charge is -2.37. The van der Waals surface area contributed by atoms with Gasteiger partial charge in [-0.3, -0.25) is 9.69 Å². The molecule has 3 rings (SSSR count). The highest BCUT2D eigenvalue weighted by molar-refractivity contribution is 6.31.